The first kappa shape index (κ1) is 11.1. The van der Waals surface area contributed by atoms with E-state index in [2.05, 4.69) is 10.2 Å². The Morgan fingerprint density at radius 3 is 2.69 bits per heavy atom. The fourth-order valence-corrected chi connectivity index (χ4v) is 1.75. The summed E-state index contributed by atoms with van der Waals surface area (Å²) in [5, 5.41) is 7.82. The van der Waals surface area contributed by atoms with Crippen LogP contribution < -0.4 is 0 Å². The van der Waals surface area contributed by atoms with Crippen LogP contribution in [0.4, 0.5) is 4.39 Å². The van der Waals surface area contributed by atoms with E-state index in [4.69, 9.17) is 11.6 Å². The summed E-state index contributed by atoms with van der Waals surface area (Å²) < 4.78 is 15.4. The highest BCUT2D eigenvalue weighted by Gasteiger charge is 2.13. The molecule has 0 radical (unpaired) electrons. The molecule has 0 bridgehead atoms. The predicted molar refractivity (Wildman–Crippen MR) is 60.7 cm³/mol. The highest BCUT2D eigenvalue weighted by atomic mass is 35.5. The van der Waals surface area contributed by atoms with Gasteiger partial charge in [-0.25, -0.2) is 4.39 Å². The maximum Gasteiger partial charge on any atom is 0.166 e. The molecule has 1 aromatic carbocycles. The summed E-state index contributed by atoms with van der Waals surface area (Å²) in [7, 11) is 1.77. The van der Waals surface area contributed by atoms with E-state index in [1.165, 1.54) is 6.07 Å². The number of aromatic nitrogens is 3. The highest BCUT2D eigenvalue weighted by Crippen LogP contribution is 2.22. The first-order valence-corrected chi connectivity index (χ1v) is 5.37. The van der Waals surface area contributed by atoms with Gasteiger partial charge in [-0.3, -0.25) is 0 Å². The first-order chi connectivity index (χ1) is 7.63. The molecular formula is C11H11ClFN3. The van der Waals surface area contributed by atoms with Gasteiger partial charge in [-0.2, -0.15) is 0 Å². The molecule has 0 spiro atoms. The molecule has 84 valence electrons. The lowest BCUT2D eigenvalue weighted by molar-refractivity contribution is 0.627. The van der Waals surface area contributed by atoms with Crippen LogP contribution in [0.25, 0.3) is 11.4 Å². The third-order valence-electron chi connectivity index (χ3n) is 2.45. The van der Waals surface area contributed by atoms with Crippen LogP contribution in [0.3, 0.4) is 0 Å². The number of hydrogen-bond donors (Lipinski definition) is 0. The Balaban J connectivity index is 2.54. The van der Waals surface area contributed by atoms with Gasteiger partial charge in [0, 0.05) is 7.05 Å². The van der Waals surface area contributed by atoms with Crippen molar-refractivity contribution >= 4 is 11.6 Å². The molecule has 0 aliphatic rings. The number of aryl methyl sites for hydroxylation is 1. The quantitative estimate of drug-likeness (QED) is 0.755. The Bertz CT molecular complexity index is 522. The van der Waals surface area contributed by atoms with Crippen LogP contribution in [0.5, 0.6) is 0 Å². The molecule has 0 fully saturated rings. The SMILES string of the molecule is Cc1ccc(-c2nnc(CCl)n2C)c(F)c1. The van der Waals surface area contributed by atoms with E-state index in [1.54, 1.807) is 17.7 Å². The topological polar surface area (TPSA) is 30.7 Å². The van der Waals surface area contributed by atoms with Gasteiger partial charge in [-0.15, -0.1) is 21.8 Å². The van der Waals surface area contributed by atoms with Gasteiger partial charge in [-0.1, -0.05) is 6.07 Å². The van der Waals surface area contributed by atoms with E-state index in [0.717, 1.165) is 5.56 Å². The molecule has 1 heterocycles. The van der Waals surface area contributed by atoms with Crippen LogP contribution in [-0.2, 0) is 12.9 Å². The minimum absolute atomic E-state index is 0.261. The average molecular weight is 240 g/mol. The van der Waals surface area contributed by atoms with E-state index in [-0.39, 0.29) is 11.7 Å². The zero-order chi connectivity index (χ0) is 11.7. The third kappa shape index (κ3) is 1.80. The predicted octanol–water partition coefficient (Wildman–Crippen LogP) is 2.67. The fourth-order valence-electron chi connectivity index (χ4n) is 1.51. The maximum atomic E-state index is 13.7. The summed E-state index contributed by atoms with van der Waals surface area (Å²) in [4.78, 5) is 0. The van der Waals surface area contributed by atoms with Crippen LogP contribution in [0.2, 0.25) is 0 Å². The second kappa shape index (κ2) is 4.22. The van der Waals surface area contributed by atoms with Gasteiger partial charge in [-0.05, 0) is 24.6 Å². The molecule has 0 aliphatic heterocycles. The van der Waals surface area contributed by atoms with Crippen molar-refractivity contribution in [3.8, 4) is 11.4 Å². The van der Waals surface area contributed by atoms with Crippen LogP contribution >= 0.6 is 11.6 Å². The van der Waals surface area contributed by atoms with Gasteiger partial charge in [0.2, 0.25) is 0 Å². The Labute approximate surface area is 97.9 Å². The van der Waals surface area contributed by atoms with Crippen LogP contribution in [-0.4, -0.2) is 14.8 Å². The molecule has 0 atom stereocenters. The summed E-state index contributed by atoms with van der Waals surface area (Å²) in [5.74, 6) is 1.08. The molecule has 0 saturated heterocycles. The van der Waals surface area contributed by atoms with Gasteiger partial charge in [0.15, 0.2) is 5.82 Å². The van der Waals surface area contributed by atoms with E-state index < -0.39 is 0 Å². The molecule has 3 nitrogen and oxygen atoms in total. The van der Waals surface area contributed by atoms with Gasteiger partial charge in [0.25, 0.3) is 0 Å². The van der Waals surface area contributed by atoms with Crippen LogP contribution in [0.1, 0.15) is 11.4 Å². The van der Waals surface area contributed by atoms with Crippen molar-refractivity contribution in [3.63, 3.8) is 0 Å². The summed E-state index contributed by atoms with van der Waals surface area (Å²) >= 11 is 5.68. The van der Waals surface area contributed by atoms with Gasteiger partial charge in [0.05, 0.1) is 11.4 Å². The summed E-state index contributed by atoms with van der Waals surface area (Å²) in [5.41, 5.74) is 1.32. The second-order valence-electron chi connectivity index (χ2n) is 3.62. The number of rotatable bonds is 2. The first-order valence-electron chi connectivity index (χ1n) is 4.84. The molecule has 0 saturated carbocycles. The zero-order valence-corrected chi connectivity index (χ0v) is 9.79. The van der Waals surface area contributed by atoms with Gasteiger partial charge in [0.1, 0.15) is 11.6 Å². The second-order valence-corrected chi connectivity index (χ2v) is 3.88. The van der Waals surface area contributed by atoms with E-state index in [0.29, 0.717) is 17.2 Å². The molecule has 5 heteroatoms. The molecule has 16 heavy (non-hydrogen) atoms. The lowest BCUT2D eigenvalue weighted by atomic mass is 10.1. The van der Waals surface area contributed by atoms with E-state index in [9.17, 15) is 4.39 Å². The molecule has 0 unspecified atom stereocenters. The lowest BCUT2D eigenvalue weighted by Gasteiger charge is -2.04. The zero-order valence-electron chi connectivity index (χ0n) is 9.04. The number of hydrogen-bond acceptors (Lipinski definition) is 2. The lowest BCUT2D eigenvalue weighted by Crippen LogP contribution is -1.98. The van der Waals surface area contributed by atoms with Crippen LogP contribution in [0.15, 0.2) is 18.2 Å². The summed E-state index contributed by atoms with van der Waals surface area (Å²) in [6, 6.07) is 5.02. The molecule has 2 aromatic rings. The Kier molecular flexibility index (Phi) is 2.92. The Hall–Kier alpha value is -1.42. The standard InChI is InChI=1S/C11H11ClFN3/c1-7-3-4-8(9(13)5-7)11-15-14-10(6-12)16(11)2/h3-5H,6H2,1-2H3. The molecule has 1 aromatic heterocycles. The van der Waals surface area contributed by atoms with Crippen molar-refractivity contribution in [2.24, 2.45) is 7.05 Å². The van der Waals surface area contributed by atoms with E-state index in [1.807, 2.05) is 13.0 Å². The molecule has 0 N–H and O–H groups in total. The third-order valence-corrected chi connectivity index (χ3v) is 2.69. The summed E-state index contributed by atoms with van der Waals surface area (Å²) in [6.45, 7) is 1.84. The smallest absolute Gasteiger partial charge is 0.166 e. The highest BCUT2D eigenvalue weighted by molar-refractivity contribution is 6.16. The number of nitrogens with zero attached hydrogens (tertiary/aromatic N) is 3. The number of benzene rings is 1. The van der Waals surface area contributed by atoms with Gasteiger partial charge >= 0.3 is 0 Å². The van der Waals surface area contributed by atoms with Crippen molar-refractivity contribution in [1.29, 1.82) is 0 Å². The van der Waals surface area contributed by atoms with Crippen molar-refractivity contribution in [2.45, 2.75) is 12.8 Å². The molecule has 0 aliphatic carbocycles. The average Bonchev–Trinajstić information content (AvgIpc) is 2.60. The Morgan fingerprint density at radius 2 is 2.12 bits per heavy atom. The summed E-state index contributed by atoms with van der Waals surface area (Å²) in [6.07, 6.45) is 0. The normalized spacial score (nSPS) is 10.8. The molecular weight excluding hydrogens is 229 g/mol. The van der Waals surface area contributed by atoms with Crippen molar-refractivity contribution in [1.82, 2.24) is 14.8 Å². The monoisotopic (exact) mass is 239 g/mol. The molecule has 2 rings (SSSR count). The van der Waals surface area contributed by atoms with Crippen molar-refractivity contribution < 1.29 is 4.39 Å². The Morgan fingerprint density at radius 1 is 1.38 bits per heavy atom. The van der Waals surface area contributed by atoms with Crippen LogP contribution in [0, 0.1) is 12.7 Å². The van der Waals surface area contributed by atoms with Gasteiger partial charge < -0.3 is 4.57 Å². The van der Waals surface area contributed by atoms with Crippen molar-refractivity contribution in [3.05, 3.63) is 35.4 Å². The largest absolute Gasteiger partial charge is 0.313 e. The minimum atomic E-state index is -0.295. The number of halogens is 2. The number of alkyl halides is 1. The molecule has 0 amide bonds. The van der Waals surface area contributed by atoms with Crippen molar-refractivity contribution in [2.75, 3.05) is 0 Å². The van der Waals surface area contributed by atoms with E-state index >= 15 is 0 Å². The minimum Gasteiger partial charge on any atom is -0.313 e. The maximum absolute atomic E-state index is 13.7. The fraction of sp³-hybridized carbons (Fsp3) is 0.273.